The molecule has 2 heterocycles. The predicted octanol–water partition coefficient (Wildman–Crippen LogP) is 0.179. The average molecular weight is 306 g/mol. The molecule has 0 amide bonds. The maximum absolute atomic E-state index is 10.6. The predicted molar refractivity (Wildman–Crippen MR) is 54.6 cm³/mol. The van der Waals surface area contributed by atoms with Gasteiger partial charge in [-0.2, -0.15) is 0 Å². The van der Waals surface area contributed by atoms with Crippen LogP contribution in [0.1, 0.15) is 5.56 Å². The van der Waals surface area contributed by atoms with Crippen LogP contribution in [0.15, 0.2) is 16.3 Å². The first-order chi connectivity index (χ1) is 6.68. The minimum absolute atomic E-state index is 0.191. The summed E-state index contributed by atoms with van der Waals surface area (Å²) in [6.07, 6.45) is 2.28. The Labute approximate surface area is 90.3 Å². The molecule has 0 aliphatic heterocycles. The number of carboxylic acid groups (broad SMARTS) is 1. The summed E-state index contributed by atoms with van der Waals surface area (Å²) < 4.78 is 3.46. The van der Waals surface area contributed by atoms with E-state index < -0.39 is 12.0 Å². The summed E-state index contributed by atoms with van der Waals surface area (Å²) >= 11 is -0.191. The average Bonchev–Trinajstić information content (AvgIpc) is 2.69. The van der Waals surface area contributed by atoms with Gasteiger partial charge in [0.2, 0.25) is 0 Å². The van der Waals surface area contributed by atoms with Crippen molar-refractivity contribution >= 4 is 35.3 Å². The molecule has 2 aromatic rings. The Balaban J connectivity index is 2.27. The Hall–Kier alpha value is -0.760. The quantitative estimate of drug-likeness (QED) is 0.708. The van der Waals surface area contributed by atoms with Gasteiger partial charge in [0.05, 0.1) is 0 Å². The number of H-pyrrole nitrogens is 1. The topological polar surface area (TPSA) is 79.1 Å². The monoisotopic (exact) mass is 308 g/mol. The van der Waals surface area contributed by atoms with Gasteiger partial charge in [-0.25, -0.2) is 0 Å². The molecule has 14 heavy (non-hydrogen) atoms. The number of aromatic amines is 1. The number of carboxylic acids is 1. The molecule has 0 saturated carbocycles. The van der Waals surface area contributed by atoms with Crippen LogP contribution < -0.4 is 5.73 Å². The van der Waals surface area contributed by atoms with E-state index in [1.54, 1.807) is 0 Å². The van der Waals surface area contributed by atoms with Gasteiger partial charge in [0.1, 0.15) is 0 Å². The Kier molecular flexibility index (Phi) is 2.64. The molecule has 1 atom stereocenters. The Morgan fingerprint density at radius 3 is 3.21 bits per heavy atom. The molecule has 5 heteroatoms. The molecule has 74 valence electrons. The van der Waals surface area contributed by atoms with E-state index in [9.17, 15) is 4.79 Å². The first-order valence-electron chi connectivity index (χ1n) is 4.20. The molecule has 0 spiro atoms. The fourth-order valence-corrected chi connectivity index (χ4v) is 3.66. The fraction of sp³-hybridized carbons (Fsp3) is 0.222. The normalized spacial score (nSPS) is 13.2. The number of hydrogen-bond donors (Lipinski definition) is 3. The SMILES string of the molecule is NC(Cc1c[nH]c2[te]ccc12)C(=O)O. The van der Waals surface area contributed by atoms with Gasteiger partial charge in [-0.1, -0.05) is 0 Å². The van der Waals surface area contributed by atoms with Crippen molar-refractivity contribution in [2.75, 3.05) is 0 Å². The maximum atomic E-state index is 10.6. The van der Waals surface area contributed by atoms with Crippen molar-refractivity contribution in [3.8, 4) is 0 Å². The summed E-state index contributed by atoms with van der Waals surface area (Å²) in [7, 11) is 0. The van der Waals surface area contributed by atoms with Gasteiger partial charge >= 0.3 is 90.3 Å². The van der Waals surface area contributed by atoms with Crippen LogP contribution in [0.4, 0.5) is 0 Å². The Morgan fingerprint density at radius 1 is 1.71 bits per heavy atom. The standard InChI is InChI=1S/C9H10N2O2Te/c10-7(9(12)13)3-5-4-11-8-6(5)1-2-14-8/h1-2,4,7,11H,3,10H2,(H,12,13). The first-order valence-corrected chi connectivity index (χ1v) is 6.71. The molecule has 0 saturated heterocycles. The van der Waals surface area contributed by atoms with E-state index in [2.05, 4.69) is 15.1 Å². The van der Waals surface area contributed by atoms with Crippen LogP contribution in [-0.2, 0) is 11.2 Å². The molecule has 2 aromatic heterocycles. The summed E-state index contributed by atoms with van der Waals surface area (Å²) in [6, 6.07) is 1.27. The number of hydrogen-bond acceptors (Lipinski definition) is 2. The van der Waals surface area contributed by atoms with Crippen molar-refractivity contribution < 1.29 is 9.90 Å². The zero-order valence-corrected chi connectivity index (χ0v) is 9.69. The molecule has 0 radical (unpaired) electrons. The molecule has 0 aromatic carbocycles. The third-order valence-electron chi connectivity index (χ3n) is 2.15. The van der Waals surface area contributed by atoms with Crippen LogP contribution >= 0.6 is 0 Å². The Morgan fingerprint density at radius 2 is 2.50 bits per heavy atom. The van der Waals surface area contributed by atoms with Crippen LogP contribution in [0.5, 0.6) is 0 Å². The molecule has 4 N–H and O–H groups in total. The van der Waals surface area contributed by atoms with Crippen LogP contribution in [0, 0.1) is 0 Å². The van der Waals surface area contributed by atoms with Gasteiger partial charge in [-0.05, 0) is 0 Å². The zero-order valence-electron chi connectivity index (χ0n) is 7.36. The molecular weight excluding hydrogens is 296 g/mol. The van der Waals surface area contributed by atoms with Crippen molar-refractivity contribution in [3.63, 3.8) is 0 Å². The molecule has 1 unspecified atom stereocenters. The number of nitrogens with two attached hydrogens (primary N) is 1. The minimum atomic E-state index is -0.946. The van der Waals surface area contributed by atoms with E-state index >= 15 is 0 Å². The van der Waals surface area contributed by atoms with E-state index in [4.69, 9.17) is 10.8 Å². The summed E-state index contributed by atoms with van der Waals surface area (Å²) in [4.78, 5) is 13.8. The molecule has 0 fully saturated rings. The van der Waals surface area contributed by atoms with Crippen LogP contribution in [-0.4, -0.2) is 42.5 Å². The van der Waals surface area contributed by atoms with Crippen LogP contribution in [0.3, 0.4) is 0 Å². The molecule has 0 aliphatic rings. The molecule has 2 rings (SSSR count). The molecular formula is C9H10N2O2Te. The van der Waals surface area contributed by atoms with E-state index in [0.29, 0.717) is 6.42 Å². The molecule has 4 nitrogen and oxygen atoms in total. The van der Waals surface area contributed by atoms with Gasteiger partial charge < -0.3 is 0 Å². The van der Waals surface area contributed by atoms with Gasteiger partial charge in [-0.15, -0.1) is 0 Å². The van der Waals surface area contributed by atoms with Crippen molar-refractivity contribution in [3.05, 3.63) is 21.9 Å². The second-order valence-electron chi connectivity index (χ2n) is 3.13. The fourth-order valence-electron chi connectivity index (χ4n) is 1.40. The summed E-state index contributed by atoms with van der Waals surface area (Å²) in [5.41, 5.74) is 6.50. The zero-order chi connectivity index (χ0) is 10.1. The molecule has 0 aliphatic carbocycles. The van der Waals surface area contributed by atoms with Crippen molar-refractivity contribution in [2.45, 2.75) is 12.5 Å². The second kappa shape index (κ2) is 3.77. The van der Waals surface area contributed by atoms with E-state index in [1.807, 2.05) is 6.20 Å². The van der Waals surface area contributed by atoms with Crippen molar-refractivity contribution in [2.24, 2.45) is 5.73 Å². The van der Waals surface area contributed by atoms with E-state index in [0.717, 1.165) is 5.56 Å². The van der Waals surface area contributed by atoms with E-state index in [1.165, 1.54) is 8.92 Å². The van der Waals surface area contributed by atoms with Crippen molar-refractivity contribution in [1.29, 1.82) is 0 Å². The van der Waals surface area contributed by atoms with Gasteiger partial charge in [0.25, 0.3) is 0 Å². The number of aliphatic carboxylic acids is 1. The van der Waals surface area contributed by atoms with Crippen LogP contribution in [0.25, 0.3) is 8.92 Å². The third-order valence-corrected chi connectivity index (χ3v) is 4.56. The van der Waals surface area contributed by atoms with E-state index in [-0.39, 0.29) is 20.4 Å². The summed E-state index contributed by atoms with van der Waals surface area (Å²) in [5, 5.41) is 9.85. The number of carbonyl (C=O) groups is 1. The Bertz CT molecular complexity index is 460. The van der Waals surface area contributed by atoms with Crippen LogP contribution in [0.2, 0.25) is 0 Å². The summed E-state index contributed by atoms with van der Waals surface area (Å²) in [5.74, 6) is -0.946. The second-order valence-corrected chi connectivity index (χ2v) is 5.74. The summed E-state index contributed by atoms with van der Waals surface area (Å²) in [6.45, 7) is 0. The number of aromatic nitrogens is 1. The van der Waals surface area contributed by atoms with Gasteiger partial charge in [-0.3, -0.25) is 0 Å². The number of rotatable bonds is 3. The number of fused-ring (bicyclic) bond motifs is 1. The van der Waals surface area contributed by atoms with Gasteiger partial charge in [0, 0.05) is 0 Å². The van der Waals surface area contributed by atoms with Crippen molar-refractivity contribution in [1.82, 2.24) is 4.98 Å². The van der Waals surface area contributed by atoms with Gasteiger partial charge in [0.15, 0.2) is 0 Å². The molecule has 0 bridgehead atoms. The number of nitrogens with one attached hydrogen (secondary N) is 1. The third kappa shape index (κ3) is 1.71. The first kappa shape index (κ1) is 9.78.